The third-order valence-corrected chi connectivity index (χ3v) is 2.61. The fourth-order valence-corrected chi connectivity index (χ4v) is 1.60. The zero-order valence-corrected chi connectivity index (χ0v) is 10.00. The molecule has 0 aliphatic rings. The molecular weight excluding hydrogens is 224 g/mol. The Balaban J connectivity index is 2.71. The van der Waals surface area contributed by atoms with Crippen LogP contribution in [-0.4, -0.2) is 12.6 Å². The van der Waals surface area contributed by atoms with Gasteiger partial charge in [-0.05, 0) is 30.5 Å². The Hall–Kier alpha value is -1.24. The molecular formula is C12H15ClN2O. The van der Waals surface area contributed by atoms with Gasteiger partial charge in [-0.2, -0.15) is 5.26 Å². The molecule has 0 aliphatic heterocycles. The Morgan fingerprint density at radius 1 is 1.56 bits per heavy atom. The van der Waals surface area contributed by atoms with E-state index in [1.165, 1.54) is 0 Å². The highest BCUT2D eigenvalue weighted by Crippen LogP contribution is 2.25. The molecule has 0 bridgehead atoms. The molecule has 2 N–H and O–H groups in total. The minimum absolute atomic E-state index is 0.00748. The minimum atomic E-state index is 0.00748. The van der Waals surface area contributed by atoms with Gasteiger partial charge in [0.15, 0.2) is 6.61 Å². The molecule has 0 fully saturated rings. The van der Waals surface area contributed by atoms with E-state index in [-0.39, 0.29) is 12.6 Å². The molecule has 0 radical (unpaired) electrons. The van der Waals surface area contributed by atoms with E-state index < -0.39 is 0 Å². The molecule has 0 heterocycles. The van der Waals surface area contributed by atoms with Gasteiger partial charge in [-0.25, -0.2) is 0 Å². The Bertz CT molecular complexity index is 387. The molecule has 16 heavy (non-hydrogen) atoms. The molecule has 1 rings (SSSR count). The second kappa shape index (κ2) is 6.37. The summed E-state index contributed by atoms with van der Waals surface area (Å²) in [5.74, 6) is 0.539. The average Bonchev–Trinajstić information content (AvgIpc) is 2.28. The number of hydrogen-bond donors (Lipinski definition) is 1. The van der Waals surface area contributed by atoms with Crippen molar-refractivity contribution in [3.05, 3.63) is 28.8 Å². The molecule has 0 spiro atoms. The number of rotatable bonds is 5. The van der Waals surface area contributed by atoms with Crippen molar-refractivity contribution in [1.29, 1.82) is 5.26 Å². The van der Waals surface area contributed by atoms with Gasteiger partial charge in [0.05, 0.1) is 5.02 Å². The van der Waals surface area contributed by atoms with Crippen LogP contribution in [-0.2, 0) is 6.42 Å². The van der Waals surface area contributed by atoms with Gasteiger partial charge in [-0.1, -0.05) is 24.6 Å². The molecule has 86 valence electrons. The fraction of sp³-hybridized carbons (Fsp3) is 0.417. The third-order valence-electron chi connectivity index (χ3n) is 2.31. The molecule has 1 atom stereocenters. The van der Waals surface area contributed by atoms with Gasteiger partial charge in [0.25, 0.3) is 0 Å². The number of nitrogens with zero attached hydrogens (tertiary/aromatic N) is 1. The molecule has 0 saturated carbocycles. The standard InChI is InChI=1S/C12H15ClN2O/c1-2-10(15)7-9-3-4-12(11(13)8-9)16-6-5-14/h3-4,8,10H,2,6-7,15H2,1H3. The zero-order chi connectivity index (χ0) is 12.0. The maximum Gasteiger partial charge on any atom is 0.174 e. The normalized spacial score (nSPS) is 11.9. The van der Waals surface area contributed by atoms with Crippen LogP contribution in [0.25, 0.3) is 0 Å². The van der Waals surface area contributed by atoms with E-state index in [1.807, 2.05) is 18.2 Å². The Morgan fingerprint density at radius 2 is 2.31 bits per heavy atom. The zero-order valence-electron chi connectivity index (χ0n) is 9.24. The summed E-state index contributed by atoms with van der Waals surface area (Å²) in [7, 11) is 0. The van der Waals surface area contributed by atoms with Crippen LogP contribution >= 0.6 is 11.6 Å². The first-order valence-corrected chi connectivity index (χ1v) is 5.59. The highest BCUT2D eigenvalue weighted by Gasteiger charge is 2.05. The van der Waals surface area contributed by atoms with E-state index >= 15 is 0 Å². The molecule has 0 aromatic heterocycles. The number of nitriles is 1. The highest BCUT2D eigenvalue weighted by atomic mass is 35.5. The summed E-state index contributed by atoms with van der Waals surface area (Å²) >= 11 is 6.02. The van der Waals surface area contributed by atoms with E-state index in [4.69, 9.17) is 27.3 Å². The van der Waals surface area contributed by atoms with Gasteiger partial charge in [0.2, 0.25) is 0 Å². The molecule has 0 aliphatic carbocycles. The van der Waals surface area contributed by atoms with E-state index in [0.29, 0.717) is 10.8 Å². The highest BCUT2D eigenvalue weighted by molar-refractivity contribution is 6.32. The van der Waals surface area contributed by atoms with Gasteiger partial charge in [0, 0.05) is 6.04 Å². The molecule has 4 heteroatoms. The van der Waals surface area contributed by atoms with Crippen molar-refractivity contribution in [3.8, 4) is 11.8 Å². The number of nitrogens with two attached hydrogens (primary N) is 1. The van der Waals surface area contributed by atoms with Crippen LogP contribution in [0.2, 0.25) is 5.02 Å². The molecule has 3 nitrogen and oxygen atoms in total. The van der Waals surface area contributed by atoms with E-state index in [9.17, 15) is 0 Å². The lowest BCUT2D eigenvalue weighted by atomic mass is 10.0. The molecule has 1 aromatic rings. The van der Waals surface area contributed by atoms with Gasteiger partial charge in [-0.3, -0.25) is 0 Å². The summed E-state index contributed by atoms with van der Waals surface area (Å²) in [6, 6.07) is 7.59. The predicted molar refractivity (Wildman–Crippen MR) is 64.5 cm³/mol. The monoisotopic (exact) mass is 238 g/mol. The van der Waals surface area contributed by atoms with Crippen LogP contribution in [0.3, 0.4) is 0 Å². The molecule has 1 aromatic carbocycles. The first-order chi connectivity index (χ1) is 7.67. The topological polar surface area (TPSA) is 59.0 Å². The predicted octanol–water partition coefficient (Wildman–Crippen LogP) is 2.52. The third kappa shape index (κ3) is 3.73. The second-order valence-corrected chi connectivity index (χ2v) is 3.99. The van der Waals surface area contributed by atoms with Crippen molar-refractivity contribution in [2.45, 2.75) is 25.8 Å². The van der Waals surface area contributed by atoms with Gasteiger partial charge >= 0.3 is 0 Å². The summed E-state index contributed by atoms with van der Waals surface area (Å²) in [4.78, 5) is 0. The lowest BCUT2D eigenvalue weighted by molar-refractivity contribution is 0.368. The van der Waals surface area contributed by atoms with Gasteiger partial charge in [-0.15, -0.1) is 0 Å². The Morgan fingerprint density at radius 3 is 2.88 bits per heavy atom. The Labute approximate surface area is 101 Å². The van der Waals surface area contributed by atoms with Crippen LogP contribution in [0.4, 0.5) is 0 Å². The first-order valence-electron chi connectivity index (χ1n) is 5.21. The summed E-state index contributed by atoms with van der Waals surface area (Å²) < 4.78 is 5.15. The molecule has 0 saturated heterocycles. The smallest absolute Gasteiger partial charge is 0.174 e. The summed E-state index contributed by atoms with van der Waals surface area (Å²) in [6.07, 6.45) is 1.74. The first kappa shape index (κ1) is 12.8. The second-order valence-electron chi connectivity index (χ2n) is 3.58. The van der Waals surface area contributed by atoms with E-state index in [0.717, 1.165) is 18.4 Å². The van der Waals surface area contributed by atoms with Gasteiger partial charge in [0.1, 0.15) is 11.8 Å². The Kier molecular flexibility index (Phi) is 5.10. The van der Waals surface area contributed by atoms with Crippen LogP contribution in [0.5, 0.6) is 5.75 Å². The van der Waals surface area contributed by atoms with Crippen molar-refractivity contribution >= 4 is 11.6 Å². The summed E-state index contributed by atoms with van der Waals surface area (Å²) in [5, 5.41) is 8.91. The van der Waals surface area contributed by atoms with E-state index in [1.54, 1.807) is 6.07 Å². The SMILES string of the molecule is CCC(N)Cc1ccc(OCC#N)c(Cl)c1. The van der Waals surface area contributed by atoms with Crippen molar-refractivity contribution in [2.75, 3.05) is 6.61 Å². The fourth-order valence-electron chi connectivity index (χ4n) is 1.35. The maximum atomic E-state index is 8.39. The lowest BCUT2D eigenvalue weighted by Gasteiger charge is -2.10. The average molecular weight is 239 g/mol. The van der Waals surface area contributed by atoms with Crippen molar-refractivity contribution in [2.24, 2.45) is 5.73 Å². The largest absolute Gasteiger partial charge is 0.477 e. The van der Waals surface area contributed by atoms with Gasteiger partial charge < -0.3 is 10.5 Å². The van der Waals surface area contributed by atoms with E-state index in [2.05, 4.69) is 6.92 Å². The van der Waals surface area contributed by atoms with Crippen LogP contribution in [0, 0.1) is 11.3 Å². The van der Waals surface area contributed by atoms with Crippen LogP contribution < -0.4 is 10.5 Å². The van der Waals surface area contributed by atoms with Crippen molar-refractivity contribution in [1.82, 2.24) is 0 Å². The lowest BCUT2D eigenvalue weighted by Crippen LogP contribution is -2.21. The quantitative estimate of drug-likeness (QED) is 0.858. The number of benzene rings is 1. The summed E-state index contributed by atoms with van der Waals surface area (Å²) in [5.41, 5.74) is 6.94. The molecule has 1 unspecified atom stereocenters. The number of hydrogen-bond acceptors (Lipinski definition) is 3. The summed E-state index contributed by atoms with van der Waals surface area (Å²) in [6.45, 7) is 2.06. The van der Waals surface area contributed by atoms with Crippen molar-refractivity contribution < 1.29 is 4.74 Å². The number of halogens is 1. The molecule has 0 amide bonds. The van der Waals surface area contributed by atoms with Crippen LogP contribution in [0.15, 0.2) is 18.2 Å². The van der Waals surface area contributed by atoms with Crippen molar-refractivity contribution in [3.63, 3.8) is 0 Å². The van der Waals surface area contributed by atoms with Crippen LogP contribution in [0.1, 0.15) is 18.9 Å². The number of ether oxygens (including phenoxy) is 1. The minimum Gasteiger partial charge on any atom is -0.477 e. The maximum absolute atomic E-state index is 8.39.